The lowest BCUT2D eigenvalue weighted by Crippen LogP contribution is -2.01. The summed E-state index contributed by atoms with van der Waals surface area (Å²) in [6, 6.07) is 8.02. The topological polar surface area (TPSA) is 46.0 Å². The summed E-state index contributed by atoms with van der Waals surface area (Å²) in [5.41, 5.74) is 3.79. The van der Waals surface area contributed by atoms with Gasteiger partial charge in [0, 0.05) is 23.0 Å². The van der Waals surface area contributed by atoms with E-state index >= 15 is 0 Å². The van der Waals surface area contributed by atoms with Crippen LogP contribution in [0.1, 0.15) is 29.8 Å². The van der Waals surface area contributed by atoms with Crippen molar-refractivity contribution >= 4 is 0 Å². The molecule has 0 aliphatic heterocycles. The zero-order chi connectivity index (χ0) is 12.4. The Labute approximate surface area is 101 Å². The summed E-state index contributed by atoms with van der Waals surface area (Å²) >= 11 is 0. The van der Waals surface area contributed by atoms with E-state index in [0.717, 1.165) is 22.4 Å². The van der Waals surface area contributed by atoms with Crippen LogP contribution in [0.2, 0.25) is 0 Å². The molecular weight excluding hydrogens is 212 g/mol. The maximum Gasteiger partial charge on any atom is 0.159 e. The van der Waals surface area contributed by atoms with Crippen LogP contribution in [-0.4, -0.2) is 15.1 Å². The Kier molecular flexibility index (Phi) is 3.20. The molecular formula is C14H16N2O. The van der Waals surface area contributed by atoms with Crippen LogP contribution >= 0.6 is 0 Å². The van der Waals surface area contributed by atoms with Crippen molar-refractivity contribution in [2.24, 2.45) is 0 Å². The van der Waals surface area contributed by atoms with E-state index in [1.165, 1.54) is 0 Å². The fourth-order valence-corrected chi connectivity index (χ4v) is 1.84. The van der Waals surface area contributed by atoms with Gasteiger partial charge in [-0.05, 0) is 26.3 Å². The number of hydrogen-bond donors (Lipinski definition) is 1. The number of aromatic nitrogens is 2. The standard InChI is InChI=1S/C14H16N2O/c1-9-6-4-5-7-12(9)14-15-8-13(11(3)17)10(2)16-14/h4-8,11,17H,1-3H3/t11-/m0/s1. The van der Waals surface area contributed by atoms with Gasteiger partial charge in [-0.25, -0.2) is 9.97 Å². The SMILES string of the molecule is Cc1ccccc1-c1ncc([C@H](C)O)c(C)n1. The van der Waals surface area contributed by atoms with Crippen LogP contribution in [0.5, 0.6) is 0 Å². The molecule has 1 aromatic carbocycles. The summed E-state index contributed by atoms with van der Waals surface area (Å²) in [5, 5.41) is 9.54. The summed E-state index contributed by atoms with van der Waals surface area (Å²) in [4.78, 5) is 8.78. The second-order valence-electron chi connectivity index (χ2n) is 4.23. The summed E-state index contributed by atoms with van der Waals surface area (Å²) < 4.78 is 0. The summed E-state index contributed by atoms with van der Waals surface area (Å²) in [5.74, 6) is 0.713. The van der Waals surface area contributed by atoms with Gasteiger partial charge in [0.15, 0.2) is 5.82 Å². The highest BCUT2D eigenvalue weighted by molar-refractivity contribution is 5.59. The second kappa shape index (κ2) is 4.63. The van der Waals surface area contributed by atoms with Crippen molar-refractivity contribution in [1.29, 1.82) is 0 Å². The number of benzene rings is 1. The van der Waals surface area contributed by atoms with Crippen LogP contribution in [0, 0.1) is 13.8 Å². The fraction of sp³-hybridized carbons (Fsp3) is 0.286. The molecule has 2 rings (SSSR count). The Hall–Kier alpha value is -1.74. The molecule has 0 saturated carbocycles. The molecule has 1 atom stereocenters. The summed E-state index contributed by atoms with van der Waals surface area (Å²) in [6.45, 7) is 5.65. The van der Waals surface area contributed by atoms with Crippen LogP contribution in [0.15, 0.2) is 30.5 Å². The van der Waals surface area contributed by atoms with Gasteiger partial charge < -0.3 is 5.11 Å². The van der Waals surface area contributed by atoms with Crippen LogP contribution < -0.4 is 0 Å². The van der Waals surface area contributed by atoms with Gasteiger partial charge in [0.1, 0.15) is 0 Å². The first-order valence-corrected chi connectivity index (χ1v) is 5.67. The maximum absolute atomic E-state index is 9.54. The van der Waals surface area contributed by atoms with E-state index in [4.69, 9.17) is 0 Å². The van der Waals surface area contributed by atoms with E-state index in [1.54, 1.807) is 13.1 Å². The molecule has 0 aliphatic carbocycles. The van der Waals surface area contributed by atoms with Gasteiger partial charge in [-0.2, -0.15) is 0 Å². The van der Waals surface area contributed by atoms with Gasteiger partial charge in [0.2, 0.25) is 0 Å². The number of nitrogens with zero attached hydrogens (tertiary/aromatic N) is 2. The maximum atomic E-state index is 9.54. The van der Waals surface area contributed by atoms with E-state index in [2.05, 4.69) is 9.97 Å². The second-order valence-corrected chi connectivity index (χ2v) is 4.23. The lowest BCUT2D eigenvalue weighted by molar-refractivity contribution is 0.197. The molecule has 2 aromatic rings. The number of aliphatic hydroxyl groups is 1. The van der Waals surface area contributed by atoms with Gasteiger partial charge in [-0.3, -0.25) is 0 Å². The Morgan fingerprint density at radius 2 is 1.88 bits per heavy atom. The van der Waals surface area contributed by atoms with Crippen molar-refractivity contribution in [3.05, 3.63) is 47.3 Å². The Bertz CT molecular complexity index is 535. The molecule has 1 N–H and O–H groups in total. The van der Waals surface area contributed by atoms with E-state index < -0.39 is 6.10 Å². The predicted molar refractivity (Wildman–Crippen MR) is 67.6 cm³/mol. The Balaban J connectivity index is 2.49. The van der Waals surface area contributed by atoms with Gasteiger partial charge in [0.25, 0.3) is 0 Å². The minimum atomic E-state index is -0.527. The average Bonchev–Trinajstić information content (AvgIpc) is 2.29. The minimum absolute atomic E-state index is 0.527. The first-order valence-electron chi connectivity index (χ1n) is 5.67. The van der Waals surface area contributed by atoms with Crippen molar-refractivity contribution in [2.45, 2.75) is 26.9 Å². The quantitative estimate of drug-likeness (QED) is 0.859. The highest BCUT2D eigenvalue weighted by atomic mass is 16.3. The van der Waals surface area contributed by atoms with Gasteiger partial charge in [-0.1, -0.05) is 24.3 Å². The molecule has 0 aliphatic rings. The first kappa shape index (κ1) is 11.7. The normalized spacial score (nSPS) is 12.5. The molecule has 0 spiro atoms. The molecule has 0 unspecified atom stereocenters. The third-order valence-corrected chi connectivity index (χ3v) is 2.85. The zero-order valence-corrected chi connectivity index (χ0v) is 10.3. The van der Waals surface area contributed by atoms with E-state index in [-0.39, 0.29) is 0 Å². The van der Waals surface area contributed by atoms with Crippen molar-refractivity contribution in [1.82, 2.24) is 9.97 Å². The Morgan fingerprint density at radius 3 is 2.47 bits per heavy atom. The van der Waals surface area contributed by atoms with Crippen molar-refractivity contribution < 1.29 is 5.11 Å². The molecule has 3 nitrogen and oxygen atoms in total. The predicted octanol–water partition coefficient (Wildman–Crippen LogP) is 2.81. The first-order chi connectivity index (χ1) is 8.09. The molecule has 0 fully saturated rings. The lowest BCUT2D eigenvalue weighted by Gasteiger charge is -2.10. The van der Waals surface area contributed by atoms with Crippen molar-refractivity contribution in [3.8, 4) is 11.4 Å². The van der Waals surface area contributed by atoms with E-state index in [0.29, 0.717) is 5.82 Å². The molecule has 17 heavy (non-hydrogen) atoms. The van der Waals surface area contributed by atoms with Crippen LogP contribution in [-0.2, 0) is 0 Å². The zero-order valence-electron chi connectivity index (χ0n) is 10.3. The fourth-order valence-electron chi connectivity index (χ4n) is 1.84. The van der Waals surface area contributed by atoms with Crippen molar-refractivity contribution in [3.63, 3.8) is 0 Å². The molecule has 0 bridgehead atoms. The number of hydrogen-bond acceptors (Lipinski definition) is 3. The molecule has 1 heterocycles. The molecule has 1 aromatic heterocycles. The highest BCUT2D eigenvalue weighted by Gasteiger charge is 2.10. The molecule has 0 amide bonds. The largest absolute Gasteiger partial charge is 0.389 e. The van der Waals surface area contributed by atoms with Gasteiger partial charge >= 0.3 is 0 Å². The third kappa shape index (κ3) is 2.34. The van der Waals surface area contributed by atoms with Gasteiger partial charge in [-0.15, -0.1) is 0 Å². The van der Waals surface area contributed by atoms with E-state index in [9.17, 15) is 5.11 Å². The highest BCUT2D eigenvalue weighted by Crippen LogP contribution is 2.22. The smallest absolute Gasteiger partial charge is 0.159 e. The molecule has 88 valence electrons. The number of aliphatic hydroxyl groups excluding tert-OH is 1. The van der Waals surface area contributed by atoms with Crippen LogP contribution in [0.25, 0.3) is 11.4 Å². The third-order valence-electron chi connectivity index (χ3n) is 2.85. The molecule has 0 radical (unpaired) electrons. The minimum Gasteiger partial charge on any atom is -0.389 e. The summed E-state index contributed by atoms with van der Waals surface area (Å²) in [7, 11) is 0. The van der Waals surface area contributed by atoms with Crippen LogP contribution in [0.4, 0.5) is 0 Å². The average molecular weight is 228 g/mol. The van der Waals surface area contributed by atoms with Crippen LogP contribution in [0.3, 0.4) is 0 Å². The Morgan fingerprint density at radius 1 is 1.18 bits per heavy atom. The molecule has 0 saturated heterocycles. The number of rotatable bonds is 2. The van der Waals surface area contributed by atoms with E-state index in [1.807, 2.05) is 38.1 Å². The monoisotopic (exact) mass is 228 g/mol. The van der Waals surface area contributed by atoms with Gasteiger partial charge in [0.05, 0.1) is 6.10 Å². The summed E-state index contributed by atoms with van der Waals surface area (Å²) in [6.07, 6.45) is 1.18. The lowest BCUT2D eigenvalue weighted by atomic mass is 10.1. The molecule has 3 heteroatoms. The van der Waals surface area contributed by atoms with Crippen molar-refractivity contribution in [2.75, 3.05) is 0 Å². The number of aryl methyl sites for hydroxylation is 2.